The van der Waals surface area contributed by atoms with Crippen LogP contribution in [0.5, 0.6) is 0 Å². The molecular weight excluding hydrogens is 795 g/mol. The molecule has 0 saturated heterocycles. The van der Waals surface area contributed by atoms with Gasteiger partial charge in [0.05, 0.1) is 27.8 Å². The largest absolute Gasteiger partial charge is 0.456 e. The van der Waals surface area contributed by atoms with Gasteiger partial charge in [0.25, 0.3) is 0 Å². The standard InChI is InChI=1S/C59H35N5O/c1-2-19-41(20-3-1)63-50-26-11-8-21-42(50)45-24-14-25-46(56(45)63)58-60-57(40-30-29-36-15-4-5-16-37(36)31-40)61-59(62-58)49-34-48-44-23-10-13-28-54(44)65-55(48)35-53(49)64-51-27-12-9-22-43(51)47-32-38-17-6-7-18-39(38)33-52(47)64/h1-35H. The Bertz CT molecular complexity index is 4250. The number of rotatable bonds is 5. The van der Waals surface area contributed by atoms with E-state index in [0.717, 1.165) is 99.0 Å². The number of aromatic nitrogens is 5. The van der Waals surface area contributed by atoms with E-state index >= 15 is 0 Å². The predicted molar refractivity (Wildman–Crippen MR) is 267 cm³/mol. The van der Waals surface area contributed by atoms with E-state index in [4.69, 9.17) is 19.4 Å². The van der Waals surface area contributed by atoms with Gasteiger partial charge in [-0.3, -0.25) is 0 Å². The fourth-order valence-corrected chi connectivity index (χ4v) is 10.2. The summed E-state index contributed by atoms with van der Waals surface area (Å²) in [6, 6.07) is 75.0. The Labute approximate surface area is 371 Å². The van der Waals surface area contributed by atoms with E-state index in [-0.39, 0.29) is 0 Å². The molecule has 6 heteroatoms. The molecule has 0 amide bonds. The van der Waals surface area contributed by atoms with Gasteiger partial charge in [-0.1, -0.05) is 146 Å². The smallest absolute Gasteiger partial charge is 0.166 e. The summed E-state index contributed by atoms with van der Waals surface area (Å²) in [5, 5.41) is 11.3. The Morgan fingerprint density at radius 2 is 0.923 bits per heavy atom. The van der Waals surface area contributed by atoms with Gasteiger partial charge < -0.3 is 13.6 Å². The molecule has 0 atom stereocenters. The van der Waals surface area contributed by atoms with Crippen molar-refractivity contribution in [2.75, 3.05) is 0 Å². The summed E-state index contributed by atoms with van der Waals surface area (Å²) >= 11 is 0. The summed E-state index contributed by atoms with van der Waals surface area (Å²) in [6.45, 7) is 0. The lowest BCUT2D eigenvalue weighted by atomic mass is 10.0. The van der Waals surface area contributed by atoms with Crippen LogP contribution in [0.1, 0.15) is 0 Å². The molecule has 10 aromatic carbocycles. The summed E-state index contributed by atoms with van der Waals surface area (Å²) in [5.74, 6) is 1.73. The highest BCUT2D eigenvalue weighted by molar-refractivity contribution is 6.16. The molecule has 0 aliphatic carbocycles. The van der Waals surface area contributed by atoms with Crippen LogP contribution in [0.25, 0.3) is 133 Å². The van der Waals surface area contributed by atoms with Crippen molar-refractivity contribution in [3.8, 4) is 45.5 Å². The van der Waals surface area contributed by atoms with Crippen molar-refractivity contribution >= 4 is 87.1 Å². The molecule has 0 aliphatic heterocycles. The van der Waals surface area contributed by atoms with Crippen LogP contribution in [0.4, 0.5) is 0 Å². The summed E-state index contributed by atoms with van der Waals surface area (Å²) in [4.78, 5) is 16.5. The first-order valence-electron chi connectivity index (χ1n) is 21.9. The third-order valence-corrected chi connectivity index (χ3v) is 13.1. The monoisotopic (exact) mass is 829 g/mol. The molecular formula is C59H35N5O. The van der Waals surface area contributed by atoms with Crippen LogP contribution in [0.2, 0.25) is 0 Å². The molecule has 4 aromatic heterocycles. The minimum absolute atomic E-state index is 0.562. The Kier molecular flexibility index (Phi) is 7.59. The van der Waals surface area contributed by atoms with E-state index in [0.29, 0.717) is 17.5 Å². The Morgan fingerprint density at radius 3 is 1.72 bits per heavy atom. The van der Waals surface area contributed by atoms with Gasteiger partial charge in [-0.2, -0.15) is 0 Å². The summed E-state index contributed by atoms with van der Waals surface area (Å²) in [6.07, 6.45) is 0. The topological polar surface area (TPSA) is 61.7 Å². The van der Waals surface area contributed by atoms with Gasteiger partial charge in [0.1, 0.15) is 11.2 Å². The van der Waals surface area contributed by atoms with Gasteiger partial charge >= 0.3 is 0 Å². The van der Waals surface area contributed by atoms with E-state index in [1.54, 1.807) is 0 Å². The second-order valence-corrected chi connectivity index (χ2v) is 16.8. The molecule has 65 heavy (non-hydrogen) atoms. The minimum atomic E-state index is 0.562. The van der Waals surface area contributed by atoms with Gasteiger partial charge in [-0.25, -0.2) is 15.0 Å². The summed E-state index contributed by atoms with van der Waals surface area (Å²) < 4.78 is 11.4. The van der Waals surface area contributed by atoms with Crippen molar-refractivity contribution < 1.29 is 4.42 Å². The molecule has 14 rings (SSSR count). The first-order chi connectivity index (χ1) is 32.2. The average molecular weight is 830 g/mol. The highest BCUT2D eigenvalue weighted by atomic mass is 16.3. The van der Waals surface area contributed by atoms with Crippen molar-refractivity contribution in [3.05, 3.63) is 212 Å². The fraction of sp³-hybridized carbons (Fsp3) is 0. The van der Waals surface area contributed by atoms with E-state index in [1.807, 2.05) is 12.1 Å². The van der Waals surface area contributed by atoms with Gasteiger partial charge in [-0.05, 0) is 82.2 Å². The molecule has 0 spiro atoms. The predicted octanol–water partition coefficient (Wildman–Crippen LogP) is 15.3. The Hall–Kier alpha value is -8.87. The maximum atomic E-state index is 6.67. The highest BCUT2D eigenvalue weighted by Gasteiger charge is 2.24. The molecule has 14 aromatic rings. The van der Waals surface area contributed by atoms with Gasteiger partial charge in [0.2, 0.25) is 0 Å². The molecule has 0 aliphatic rings. The summed E-state index contributed by atoms with van der Waals surface area (Å²) in [5.41, 5.74) is 10.6. The van der Waals surface area contributed by atoms with Crippen LogP contribution in [-0.4, -0.2) is 24.1 Å². The number of fused-ring (bicyclic) bond motifs is 11. The number of nitrogens with zero attached hydrogens (tertiary/aromatic N) is 5. The molecule has 4 heterocycles. The Balaban J connectivity index is 1.12. The first kappa shape index (κ1) is 35.7. The molecule has 6 nitrogen and oxygen atoms in total. The number of hydrogen-bond donors (Lipinski definition) is 0. The molecule has 302 valence electrons. The maximum absolute atomic E-state index is 6.67. The number of para-hydroxylation sites is 5. The quantitative estimate of drug-likeness (QED) is 0.173. The van der Waals surface area contributed by atoms with E-state index in [2.05, 4.69) is 209 Å². The van der Waals surface area contributed by atoms with Crippen molar-refractivity contribution in [1.82, 2.24) is 24.1 Å². The lowest BCUT2D eigenvalue weighted by Crippen LogP contribution is -2.04. The number of hydrogen-bond acceptors (Lipinski definition) is 4. The van der Waals surface area contributed by atoms with E-state index in [9.17, 15) is 0 Å². The van der Waals surface area contributed by atoms with Gasteiger partial charge in [0, 0.05) is 60.8 Å². The van der Waals surface area contributed by atoms with Crippen LogP contribution in [-0.2, 0) is 0 Å². The van der Waals surface area contributed by atoms with Crippen LogP contribution >= 0.6 is 0 Å². The van der Waals surface area contributed by atoms with Crippen molar-refractivity contribution in [2.45, 2.75) is 0 Å². The third-order valence-electron chi connectivity index (χ3n) is 13.1. The van der Waals surface area contributed by atoms with Crippen molar-refractivity contribution in [1.29, 1.82) is 0 Å². The van der Waals surface area contributed by atoms with Crippen LogP contribution in [0.3, 0.4) is 0 Å². The number of furan rings is 1. The Morgan fingerprint density at radius 1 is 0.323 bits per heavy atom. The second-order valence-electron chi connectivity index (χ2n) is 16.8. The van der Waals surface area contributed by atoms with E-state index < -0.39 is 0 Å². The first-order valence-corrected chi connectivity index (χ1v) is 21.9. The average Bonchev–Trinajstić information content (AvgIpc) is 4.02. The normalized spacial score (nSPS) is 12.0. The highest BCUT2D eigenvalue weighted by Crippen LogP contribution is 2.43. The van der Waals surface area contributed by atoms with Gasteiger partial charge in [-0.15, -0.1) is 0 Å². The molecule has 0 radical (unpaired) electrons. The minimum Gasteiger partial charge on any atom is -0.456 e. The maximum Gasteiger partial charge on any atom is 0.166 e. The number of benzene rings is 10. The molecule has 0 unspecified atom stereocenters. The van der Waals surface area contributed by atoms with Crippen molar-refractivity contribution in [2.24, 2.45) is 0 Å². The van der Waals surface area contributed by atoms with Gasteiger partial charge in [0.15, 0.2) is 17.5 Å². The molecule has 0 N–H and O–H groups in total. The van der Waals surface area contributed by atoms with Crippen LogP contribution in [0, 0.1) is 0 Å². The molecule has 0 bridgehead atoms. The summed E-state index contributed by atoms with van der Waals surface area (Å²) in [7, 11) is 0. The van der Waals surface area contributed by atoms with E-state index in [1.165, 1.54) is 16.2 Å². The molecule has 0 saturated carbocycles. The zero-order valence-corrected chi connectivity index (χ0v) is 34.9. The van der Waals surface area contributed by atoms with Crippen molar-refractivity contribution in [3.63, 3.8) is 0 Å². The SMILES string of the molecule is c1ccc(-n2c3ccccc3c3cccc(-c4nc(-c5ccc6ccccc6c5)nc(-c5cc6c(cc5-n5c7ccccc7c7cc8ccccc8cc75)oc5ccccc56)n4)c32)cc1. The van der Waals surface area contributed by atoms with Crippen LogP contribution in [0.15, 0.2) is 217 Å². The lowest BCUT2D eigenvalue weighted by Gasteiger charge is -2.16. The second kappa shape index (κ2) is 13.8. The third kappa shape index (κ3) is 5.44. The fourth-order valence-electron chi connectivity index (χ4n) is 10.2. The lowest BCUT2D eigenvalue weighted by molar-refractivity contribution is 0.668. The zero-order valence-electron chi connectivity index (χ0n) is 34.9. The molecule has 0 fully saturated rings. The van der Waals surface area contributed by atoms with Crippen LogP contribution < -0.4 is 0 Å². The zero-order chi connectivity index (χ0) is 42.6.